The van der Waals surface area contributed by atoms with E-state index < -0.39 is 0 Å². The van der Waals surface area contributed by atoms with Gasteiger partial charge in [0, 0.05) is 35.4 Å². The first kappa shape index (κ1) is 17.0. The van der Waals surface area contributed by atoms with E-state index in [-0.39, 0.29) is 23.6 Å². The Morgan fingerprint density at radius 1 is 1.35 bits per heavy atom. The third-order valence-electron chi connectivity index (χ3n) is 4.80. The quantitative estimate of drug-likeness (QED) is 0.722. The van der Waals surface area contributed by atoms with E-state index in [4.69, 9.17) is 16.0 Å². The largest absolute Gasteiger partial charge is 0.441 e. The molecule has 2 atom stereocenters. The molecule has 1 heterocycles. The van der Waals surface area contributed by atoms with Gasteiger partial charge in [0.25, 0.3) is 0 Å². The number of aromatic nitrogens is 1. The van der Waals surface area contributed by atoms with E-state index in [0.717, 1.165) is 16.7 Å². The zero-order chi connectivity index (χ0) is 18.3. The molecule has 0 radical (unpaired) electrons. The molecule has 134 valence electrons. The molecule has 4 rings (SSSR count). The standard InChI is InChI=1S/C20H18ClFN2O2/c1-11-4-2-7-16-19(11)24-17(26-16)8-9-23-20(25)13-10-12(13)18-14(21)5-3-6-15(18)22/h2-7,12-13H,8-10H2,1H3,(H,23,25)/t12-,13+/m0/s1. The van der Waals surface area contributed by atoms with Crippen LogP contribution in [-0.4, -0.2) is 17.4 Å². The second kappa shape index (κ2) is 6.72. The zero-order valence-corrected chi connectivity index (χ0v) is 15.0. The van der Waals surface area contributed by atoms with Crippen molar-refractivity contribution in [2.75, 3.05) is 6.54 Å². The number of rotatable bonds is 5. The molecule has 1 saturated carbocycles. The van der Waals surface area contributed by atoms with Crippen LogP contribution in [0.2, 0.25) is 5.02 Å². The summed E-state index contributed by atoms with van der Waals surface area (Å²) in [6.07, 6.45) is 1.13. The lowest BCUT2D eigenvalue weighted by Gasteiger charge is -2.06. The first-order chi connectivity index (χ1) is 12.5. The number of carbonyl (C=O) groups is 1. The number of para-hydroxylation sites is 1. The van der Waals surface area contributed by atoms with Crippen LogP contribution in [0.3, 0.4) is 0 Å². The van der Waals surface area contributed by atoms with Crippen molar-refractivity contribution in [2.24, 2.45) is 5.92 Å². The van der Waals surface area contributed by atoms with Crippen molar-refractivity contribution >= 4 is 28.6 Å². The molecule has 3 aromatic rings. The van der Waals surface area contributed by atoms with Gasteiger partial charge in [-0.2, -0.15) is 0 Å². The van der Waals surface area contributed by atoms with Crippen LogP contribution < -0.4 is 5.32 Å². The van der Waals surface area contributed by atoms with Crippen molar-refractivity contribution in [1.82, 2.24) is 10.3 Å². The lowest BCUT2D eigenvalue weighted by molar-refractivity contribution is -0.122. The number of amides is 1. The van der Waals surface area contributed by atoms with Gasteiger partial charge < -0.3 is 9.73 Å². The van der Waals surface area contributed by atoms with Crippen LogP contribution in [0.25, 0.3) is 11.1 Å². The summed E-state index contributed by atoms with van der Waals surface area (Å²) in [7, 11) is 0. The minimum Gasteiger partial charge on any atom is -0.441 e. The monoisotopic (exact) mass is 372 g/mol. The van der Waals surface area contributed by atoms with Crippen LogP contribution in [0.1, 0.15) is 29.4 Å². The molecule has 4 nitrogen and oxygen atoms in total. The van der Waals surface area contributed by atoms with Gasteiger partial charge in [0.1, 0.15) is 11.3 Å². The second-order valence-electron chi connectivity index (χ2n) is 6.65. The van der Waals surface area contributed by atoms with Crippen molar-refractivity contribution in [3.63, 3.8) is 0 Å². The Balaban J connectivity index is 1.34. The topological polar surface area (TPSA) is 55.1 Å². The molecular weight excluding hydrogens is 355 g/mol. The Hall–Kier alpha value is -2.40. The molecule has 0 unspecified atom stereocenters. The van der Waals surface area contributed by atoms with Gasteiger partial charge in [0.15, 0.2) is 11.5 Å². The Morgan fingerprint density at radius 3 is 2.92 bits per heavy atom. The number of nitrogens with one attached hydrogen (secondary N) is 1. The summed E-state index contributed by atoms with van der Waals surface area (Å²) in [6.45, 7) is 2.41. The summed E-state index contributed by atoms with van der Waals surface area (Å²) in [5, 5.41) is 3.27. The van der Waals surface area contributed by atoms with Crippen molar-refractivity contribution < 1.29 is 13.6 Å². The predicted molar refractivity (Wildman–Crippen MR) is 97.7 cm³/mol. The molecular formula is C20H18ClFN2O2. The number of halogens is 2. The minimum atomic E-state index is -0.348. The molecule has 1 fully saturated rings. The molecule has 6 heteroatoms. The van der Waals surface area contributed by atoms with Crippen LogP contribution in [0.4, 0.5) is 4.39 Å². The lowest BCUT2D eigenvalue weighted by atomic mass is 10.1. The van der Waals surface area contributed by atoms with Crippen LogP contribution in [-0.2, 0) is 11.2 Å². The number of fused-ring (bicyclic) bond motifs is 1. The number of hydrogen-bond acceptors (Lipinski definition) is 3. The molecule has 1 N–H and O–H groups in total. The van der Waals surface area contributed by atoms with E-state index in [1.807, 2.05) is 25.1 Å². The Labute approximate surface area is 155 Å². The number of oxazole rings is 1. The average Bonchev–Trinajstić information content (AvgIpc) is 3.26. The first-order valence-electron chi connectivity index (χ1n) is 8.61. The Kier molecular flexibility index (Phi) is 4.41. The van der Waals surface area contributed by atoms with E-state index in [1.54, 1.807) is 12.1 Å². The summed E-state index contributed by atoms with van der Waals surface area (Å²) in [6, 6.07) is 10.4. The van der Waals surface area contributed by atoms with Crippen LogP contribution in [0.15, 0.2) is 40.8 Å². The fourth-order valence-electron chi connectivity index (χ4n) is 3.33. The number of nitrogens with zero attached hydrogens (tertiary/aromatic N) is 1. The van der Waals surface area contributed by atoms with E-state index in [1.165, 1.54) is 6.07 Å². The molecule has 26 heavy (non-hydrogen) atoms. The van der Waals surface area contributed by atoms with Crippen molar-refractivity contribution in [3.8, 4) is 0 Å². The highest BCUT2D eigenvalue weighted by Gasteiger charge is 2.46. The molecule has 0 aliphatic heterocycles. The van der Waals surface area contributed by atoms with Gasteiger partial charge in [0.2, 0.25) is 5.91 Å². The van der Waals surface area contributed by atoms with Crippen molar-refractivity contribution in [2.45, 2.75) is 25.7 Å². The van der Waals surface area contributed by atoms with Gasteiger partial charge in [-0.25, -0.2) is 9.37 Å². The molecule has 1 aliphatic carbocycles. The SMILES string of the molecule is Cc1cccc2oc(CCNC(=O)[C@@H]3C[C@@H]3c3c(F)cccc3Cl)nc12. The van der Waals surface area contributed by atoms with E-state index in [0.29, 0.717) is 35.9 Å². The maximum absolute atomic E-state index is 13.9. The molecule has 0 spiro atoms. The highest BCUT2D eigenvalue weighted by Crippen LogP contribution is 2.50. The summed E-state index contributed by atoms with van der Waals surface area (Å²) < 4.78 is 19.6. The van der Waals surface area contributed by atoms with Crippen LogP contribution >= 0.6 is 11.6 Å². The van der Waals surface area contributed by atoms with Gasteiger partial charge in [-0.05, 0) is 37.1 Å². The summed E-state index contributed by atoms with van der Waals surface area (Å²) >= 11 is 6.08. The average molecular weight is 373 g/mol. The summed E-state index contributed by atoms with van der Waals surface area (Å²) in [5.41, 5.74) is 3.11. The molecule has 0 bridgehead atoms. The van der Waals surface area contributed by atoms with Gasteiger partial charge in [-0.1, -0.05) is 29.8 Å². The van der Waals surface area contributed by atoms with Crippen molar-refractivity contribution in [1.29, 1.82) is 0 Å². The Morgan fingerprint density at radius 2 is 2.15 bits per heavy atom. The fourth-order valence-corrected chi connectivity index (χ4v) is 3.63. The highest BCUT2D eigenvalue weighted by atomic mass is 35.5. The van der Waals surface area contributed by atoms with Gasteiger partial charge in [-0.15, -0.1) is 0 Å². The maximum Gasteiger partial charge on any atom is 0.223 e. The van der Waals surface area contributed by atoms with E-state index >= 15 is 0 Å². The van der Waals surface area contributed by atoms with E-state index in [9.17, 15) is 9.18 Å². The van der Waals surface area contributed by atoms with Gasteiger partial charge in [0.05, 0.1) is 0 Å². The Bertz CT molecular complexity index is 965. The molecule has 1 amide bonds. The molecule has 0 saturated heterocycles. The summed E-state index contributed by atoms with van der Waals surface area (Å²) in [4.78, 5) is 16.8. The normalized spacial score (nSPS) is 18.9. The number of benzene rings is 2. The highest BCUT2D eigenvalue weighted by molar-refractivity contribution is 6.31. The number of aryl methyl sites for hydroxylation is 1. The zero-order valence-electron chi connectivity index (χ0n) is 14.3. The molecule has 2 aromatic carbocycles. The van der Waals surface area contributed by atoms with E-state index in [2.05, 4.69) is 10.3 Å². The predicted octanol–water partition coefficient (Wildman–Crippen LogP) is 4.39. The maximum atomic E-state index is 13.9. The van der Waals surface area contributed by atoms with Crippen LogP contribution in [0.5, 0.6) is 0 Å². The van der Waals surface area contributed by atoms with Gasteiger partial charge in [-0.3, -0.25) is 4.79 Å². The van der Waals surface area contributed by atoms with Gasteiger partial charge >= 0.3 is 0 Å². The smallest absolute Gasteiger partial charge is 0.223 e. The third-order valence-corrected chi connectivity index (χ3v) is 5.13. The molecule has 1 aliphatic rings. The fraction of sp³-hybridized carbons (Fsp3) is 0.300. The number of carbonyl (C=O) groups excluding carboxylic acids is 1. The lowest BCUT2D eigenvalue weighted by Crippen LogP contribution is -2.27. The minimum absolute atomic E-state index is 0.0818. The summed E-state index contributed by atoms with van der Waals surface area (Å²) in [5.74, 6) is -0.202. The number of hydrogen-bond donors (Lipinski definition) is 1. The van der Waals surface area contributed by atoms with Crippen LogP contribution in [0, 0.1) is 18.7 Å². The van der Waals surface area contributed by atoms with Crippen molar-refractivity contribution in [3.05, 3.63) is 64.3 Å². The first-order valence-corrected chi connectivity index (χ1v) is 8.99. The molecule has 1 aromatic heterocycles. The second-order valence-corrected chi connectivity index (χ2v) is 7.06. The third kappa shape index (κ3) is 3.19.